The number of rotatable bonds is 2. The number of anilines is 1. The summed E-state index contributed by atoms with van der Waals surface area (Å²) in [6.45, 7) is 4.05. The van der Waals surface area contributed by atoms with Gasteiger partial charge in [-0.2, -0.15) is 0 Å². The predicted octanol–water partition coefficient (Wildman–Crippen LogP) is 2.32. The molecule has 0 saturated carbocycles. The average molecular weight is 272 g/mol. The molecule has 0 atom stereocenters. The average Bonchev–Trinajstić information content (AvgIpc) is 2.73. The molecule has 1 amide bonds. The van der Waals surface area contributed by atoms with Crippen molar-refractivity contribution in [2.75, 3.05) is 18.5 Å². The highest BCUT2D eigenvalue weighted by molar-refractivity contribution is 6.03. The van der Waals surface area contributed by atoms with Crippen LogP contribution < -0.4 is 15.4 Å². The molecule has 2 N–H and O–H groups in total. The summed E-state index contributed by atoms with van der Waals surface area (Å²) in [6.07, 6.45) is 1.51. The fraction of sp³-hybridized carbons (Fsp3) is 0.267. The molecule has 0 unspecified atom stereocenters. The lowest BCUT2D eigenvalue weighted by atomic mass is 10.1. The van der Waals surface area contributed by atoms with E-state index in [9.17, 15) is 4.79 Å². The first kappa shape index (κ1) is 12.7. The van der Waals surface area contributed by atoms with Crippen molar-refractivity contribution in [3.05, 3.63) is 47.4 Å². The molecule has 0 bridgehead atoms. The van der Waals surface area contributed by atoms with Gasteiger partial charge in [0.05, 0.1) is 6.26 Å². The molecule has 0 aliphatic carbocycles. The smallest absolute Gasteiger partial charge is 0.291 e. The Morgan fingerprint density at radius 3 is 3.05 bits per heavy atom. The lowest BCUT2D eigenvalue weighted by Crippen LogP contribution is -2.16. The van der Waals surface area contributed by atoms with E-state index in [0.29, 0.717) is 12.4 Å². The van der Waals surface area contributed by atoms with Crippen LogP contribution in [-0.4, -0.2) is 19.1 Å². The van der Waals surface area contributed by atoms with Crippen LogP contribution in [0, 0.1) is 6.92 Å². The maximum Gasteiger partial charge on any atom is 0.291 e. The Bertz CT molecular complexity index is 634. The third-order valence-corrected chi connectivity index (χ3v) is 3.24. The summed E-state index contributed by atoms with van der Waals surface area (Å²) < 4.78 is 10.8. The molecular formula is C15H16N2O3. The Kier molecular flexibility index (Phi) is 3.43. The first-order chi connectivity index (χ1) is 9.74. The molecule has 0 saturated heterocycles. The molecule has 1 aromatic heterocycles. The Balaban J connectivity index is 1.80. The van der Waals surface area contributed by atoms with Crippen molar-refractivity contribution in [3.63, 3.8) is 0 Å². The van der Waals surface area contributed by atoms with E-state index < -0.39 is 0 Å². The summed E-state index contributed by atoms with van der Waals surface area (Å²) in [5.74, 6) is 0.964. The van der Waals surface area contributed by atoms with Crippen molar-refractivity contribution >= 4 is 11.6 Å². The highest BCUT2D eigenvalue weighted by Gasteiger charge is 2.14. The topological polar surface area (TPSA) is 63.5 Å². The second-order valence-corrected chi connectivity index (χ2v) is 4.73. The zero-order chi connectivity index (χ0) is 13.9. The molecule has 0 radical (unpaired) electrons. The van der Waals surface area contributed by atoms with Gasteiger partial charge in [0.15, 0.2) is 5.76 Å². The zero-order valence-corrected chi connectivity index (χ0v) is 11.2. The third-order valence-electron chi connectivity index (χ3n) is 3.24. The molecule has 104 valence electrons. The quantitative estimate of drug-likeness (QED) is 0.880. The third kappa shape index (κ3) is 2.53. The van der Waals surface area contributed by atoms with Crippen LogP contribution in [-0.2, 0) is 6.54 Å². The first-order valence-electron chi connectivity index (χ1n) is 6.56. The molecule has 5 nitrogen and oxygen atoms in total. The summed E-state index contributed by atoms with van der Waals surface area (Å²) in [7, 11) is 0. The monoisotopic (exact) mass is 272 g/mol. The second kappa shape index (κ2) is 5.38. The number of carbonyl (C=O) groups excluding carboxylic acids is 1. The van der Waals surface area contributed by atoms with Crippen LogP contribution in [0.1, 0.15) is 21.7 Å². The maximum atomic E-state index is 12.1. The highest BCUT2D eigenvalue weighted by Crippen LogP contribution is 2.24. The number of benzene rings is 1. The van der Waals surface area contributed by atoms with E-state index in [0.717, 1.165) is 35.7 Å². The van der Waals surface area contributed by atoms with E-state index in [-0.39, 0.29) is 5.91 Å². The number of carbonyl (C=O) groups is 1. The van der Waals surface area contributed by atoms with Crippen LogP contribution in [0.15, 0.2) is 34.9 Å². The highest BCUT2D eigenvalue weighted by atomic mass is 16.5. The van der Waals surface area contributed by atoms with Crippen LogP contribution in [0.3, 0.4) is 0 Å². The molecular weight excluding hydrogens is 256 g/mol. The summed E-state index contributed by atoms with van der Waals surface area (Å²) in [5.41, 5.74) is 2.59. The van der Waals surface area contributed by atoms with E-state index >= 15 is 0 Å². The van der Waals surface area contributed by atoms with Gasteiger partial charge in [-0.1, -0.05) is 0 Å². The molecule has 2 aromatic rings. The SMILES string of the molecule is Cc1ccoc1C(=O)Nc1ccc2c(c1)CNCCO2. The molecule has 0 spiro atoms. The largest absolute Gasteiger partial charge is 0.492 e. The number of nitrogens with one attached hydrogen (secondary N) is 2. The molecule has 0 fully saturated rings. The number of hydrogen-bond donors (Lipinski definition) is 2. The van der Waals surface area contributed by atoms with Crippen molar-refractivity contribution in [1.29, 1.82) is 0 Å². The fourth-order valence-corrected chi connectivity index (χ4v) is 2.19. The number of aryl methyl sites for hydroxylation is 1. The Labute approximate surface area is 116 Å². The van der Waals surface area contributed by atoms with Gasteiger partial charge in [0, 0.05) is 29.9 Å². The van der Waals surface area contributed by atoms with Gasteiger partial charge in [-0.25, -0.2) is 0 Å². The van der Waals surface area contributed by atoms with Crippen molar-refractivity contribution < 1.29 is 13.9 Å². The van der Waals surface area contributed by atoms with Crippen LogP contribution in [0.25, 0.3) is 0 Å². The second-order valence-electron chi connectivity index (χ2n) is 4.73. The van der Waals surface area contributed by atoms with Gasteiger partial charge >= 0.3 is 0 Å². The van der Waals surface area contributed by atoms with E-state index in [2.05, 4.69) is 10.6 Å². The Hall–Kier alpha value is -2.27. The molecule has 2 heterocycles. The molecule has 20 heavy (non-hydrogen) atoms. The molecule has 1 aromatic carbocycles. The maximum absolute atomic E-state index is 12.1. The van der Waals surface area contributed by atoms with Gasteiger partial charge in [-0.3, -0.25) is 4.79 Å². The normalized spacial score (nSPS) is 14.1. The fourth-order valence-electron chi connectivity index (χ4n) is 2.19. The number of amides is 1. The number of hydrogen-bond acceptors (Lipinski definition) is 4. The summed E-state index contributed by atoms with van der Waals surface area (Å²) in [4.78, 5) is 12.1. The van der Waals surface area contributed by atoms with Crippen LogP contribution in [0.5, 0.6) is 5.75 Å². The lowest BCUT2D eigenvalue weighted by molar-refractivity contribution is 0.0996. The summed E-state index contributed by atoms with van der Waals surface area (Å²) >= 11 is 0. The van der Waals surface area contributed by atoms with E-state index in [1.807, 2.05) is 25.1 Å². The predicted molar refractivity (Wildman–Crippen MR) is 75.0 cm³/mol. The van der Waals surface area contributed by atoms with Crippen LogP contribution in [0.2, 0.25) is 0 Å². The van der Waals surface area contributed by atoms with E-state index in [1.165, 1.54) is 6.26 Å². The minimum absolute atomic E-state index is 0.241. The van der Waals surface area contributed by atoms with Crippen molar-refractivity contribution in [3.8, 4) is 5.75 Å². The molecule has 3 rings (SSSR count). The minimum Gasteiger partial charge on any atom is -0.492 e. The molecule has 1 aliphatic rings. The van der Waals surface area contributed by atoms with Crippen molar-refractivity contribution in [2.24, 2.45) is 0 Å². The zero-order valence-electron chi connectivity index (χ0n) is 11.2. The van der Waals surface area contributed by atoms with Crippen LogP contribution in [0.4, 0.5) is 5.69 Å². The standard InChI is InChI=1S/C15H16N2O3/c1-10-4-6-20-14(10)15(18)17-12-2-3-13-11(8-12)9-16-5-7-19-13/h2-4,6,8,16H,5,7,9H2,1H3,(H,17,18). The van der Waals surface area contributed by atoms with Gasteiger partial charge in [-0.15, -0.1) is 0 Å². The first-order valence-corrected chi connectivity index (χ1v) is 6.56. The van der Waals surface area contributed by atoms with Crippen LogP contribution >= 0.6 is 0 Å². The minimum atomic E-state index is -0.241. The van der Waals surface area contributed by atoms with Gasteiger partial charge in [-0.05, 0) is 31.2 Å². The van der Waals surface area contributed by atoms with Crippen molar-refractivity contribution in [2.45, 2.75) is 13.5 Å². The summed E-state index contributed by atoms with van der Waals surface area (Å²) in [5, 5.41) is 6.10. The van der Waals surface area contributed by atoms with Gasteiger partial charge in [0.25, 0.3) is 5.91 Å². The van der Waals surface area contributed by atoms with E-state index in [1.54, 1.807) is 6.07 Å². The Morgan fingerprint density at radius 2 is 2.25 bits per heavy atom. The van der Waals surface area contributed by atoms with Gasteiger partial charge < -0.3 is 19.8 Å². The lowest BCUT2D eigenvalue weighted by Gasteiger charge is -2.09. The number of fused-ring (bicyclic) bond motifs is 1. The van der Waals surface area contributed by atoms with Crippen molar-refractivity contribution in [1.82, 2.24) is 5.32 Å². The Morgan fingerprint density at radius 1 is 1.35 bits per heavy atom. The van der Waals surface area contributed by atoms with Gasteiger partial charge in [0.2, 0.25) is 0 Å². The number of ether oxygens (including phenoxy) is 1. The van der Waals surface area contributed by atoms with E-state index in [4.69, 9.17) is 9.15 Å². The summed E-state index contributed by atoms with van der Waals surface area (Å²) in [6, 6.07) is 7.40. The molecule has 5 heteroatoms. The molecule has 1 aliphatic heterocycles. The van der Waals surface area contributed by atoms with Gasteiger partial charge in [0.1, 0.15) is 12.4 Å². The number of furan rings is 1.